The Labute approximate surface area is 87.1 Å². The summed E-state index contributed by atoms with van der Waals surface area (Å²) < 4.78 is 22.7. The third kappa shape index (κ3) is 2.43. The summed E-state index contributed by atoms with van der Waals surface area (Å²) in [6.45, 7) is 0.122. The summed E-state index contributed by atoms with van der Waals surface area (Å²) in [6, 6.07) is 0. The standard InChI is InChI=1S/C7H11N3O2S2/c1-13-7-9-4-5(3-8)6(10-7)14(2,11)12/h4H,3,8H2,1-2H3. The third-order valence-electron chi connectivity index (χ3n) is 1.56. The van der Waals surface area contributed by atoms with Crippen LogP contribution < -0.4 is 5.73 Å². The molecule has 1 aromatic heterocycles. The summed E-state index contributed by atoms with van der Waals surface area (Å²) in [7, 11) is -3.32. The Kier molecular flexibility index (Phi) is 3.46. The van der Waals surface area contributed by atoms with E-state index in [1.54, 1.807) is 6.26 Å². The largest absolute Gasteiger partial charge is 0.326 e. The number of nitrogens with two attached hydrogens (primary N) is 1. The maximum absolute atomic E-state index is 11.3. The van der Waals surface area contributed by atoms with Crippen molar-refractivity contribution in [3.63, 3.8) is 0 Å². The van der Waals surface area contributed by atoms with Gasteiger partial charge in [-0.3, -0.25) is 0 Å². The quantitative estimate of drug-likeness (QED) is 0.451. The fourth-order valence-corrected chi connectivity index (χ4v) is 2.20. The molecule has 1 aromatic rings. The lowest BCUT2D eigenvalue weighted by Crippen LogP contribution is -2.10. The van der Waals surface area contributed by atoms with Crippen LogP contribution in [0.25, 0.3) is 0 Å². The van der Waals surface area contributed by atoms with Crippen LogP contribution in [0.4, 0.5) is 0 Å². The fraction of sp³-hybridized carbons (Fsp3) is 0.429. The molecule has 1 rings (SSSR count). The van der Waals surface area contributed by atoms with Gasteiger partial charge in [-0.05, 0) is 6.26 Å². The molecule has 0 bridgehead atoms. The van der Waals surface area contributed by atoms with Crippen LogP contribution in [-0.2, 0) is 16.4 Å². The Hall–Kier alpha value is -0.660. The summed E-state index contributed by atoms with van der Waals surface area (Å²) in [6.07, 6.45) is 4.34. The van der Waals surface area contributed by atoms with Crippen molar-refractivity contribution in [2.75, 3.05) is 12.5 Å². The van der Waals surface area contributed by atoms with E-state index >= 15 is 0 Å². The minimum Gasteiger partial charge on any atom is -0.326 e. The SMILES string of the molecule is CSc1ncc(CN)c(S(C)(=O)=O)n1. The summed E-state index contributed by atoms with van der Waals surface area (Å²) in [4.78, 5) is 7.87. The van der Waals surface area contributed by atoms with Crippen molar-refractivity contribution in [1.29, 1.82) is 0 Å². The molecular weight excluding hydrogens is 222 g/mol. The summed E-state index contributed by atoms with van der Waals surface area (Å²) in [5.74, 6) is 0. The lowest BCUT2D eigenvalue weighted by Gasteiger charge is -2.04. The van der Waals surface area contributed by atoms with Crippen LogP contribution in [0.2, 0.25) is 0 Å². The molecule has 0 aromatic carbocycles. The maximum atomic E-state index is 11.3. The van der Waals surface area contributed by atoms with E-state index in [1.165, 1.54) is 18.0 Å². The monoisotopic (exact) mass is 233 g/mol. The van der Waals surface area contributed by atoms with Crippen LogP contribution in [0.3, 0.4) is 0 Å². The zero-order chi connectivity index (χ0) is 10.8. The first-order chi connectivity index (χ1) is 6.49. The Morgan fingerprint density at radius 1 is 1.57 bits per heavy atom. The number of thioether (sulfide) groups is 1. The second kappa shape index (κ2) is 4.24. The minimum absolute atomic E-state index is 0.0272. The molecule has 0 spiro atoms. The Bertz CT molecular complexity index is 431. The van der Waals surface area contributed by atoms with E-state index in [1.807, 2.05) is 0 Å². The van der Waals surface area contributed by atoms with Crippen molar-refractivity contribution < 1.29 is 8.42 Å². The molecule has 0 saturated heterocycles. The number of hydrogen-bond donors (Lipinski definition) is 1. The molecule has 78 valence electrons. The predicted molar refractivity (Wildman–Crippen MR) is 54.8 cm³/mol. The number of sulfone groups is 1. The van der Waals surface area contributed by atoms with E-state index in [-0.39, 0.29) is 11.6 Å². The van der Waals surface area contributed by atoms with Crippen LogP contribution in [0.15, 0.2) is 16.4 Å². The second-order valence-electron chi connectivity index (χ2n) is 2.66. The maximum Gasteiger partial charge on any atom is 0.193 e. The minimum atomic E-state index is -3.32. The van der Waals surface area contributed by atoms with E-state index in [4.69, 9.17) is 5.73 Å². The molecule has 0 aliphatic heterocycles. The molecule has 0 aliphatic carbocycles. The van der Waals surface area contributed by atoms with Gasteiger partial charge >= 0.3 is 0 Å². The molecule has 2 N–H and O–H groups in total. The fourth-order valence-electron chi connectivity index (χ4n) is 0.935. The molecule has 0 unspecified atom stereocenters. The van der Waals surface area contributed by atoms with Gasteiger partial charge in [0.05, 0.1) is 0 Å². The highest BCUT2D eigenvalue weighted by atomic mass is 32.2. The number of aromatic nitrogens is 2. The van der Waals surface area contributed by atoms with Gasteiger partial charge in [0.25, 0.3) is 0 Å². The molecule has 0 radical (unpaired) electrons. The Balaban J connectivity index is 3.37. The third-order valence-corrected chi connectivity index (χ3v) is 3.17. The number of rotatable bonds is 3. The van der Waals surface area contributed by atoms with Crippen molar-refractivity contribution in [2.45, 2.75) is 16.7 Å². The first kappa shape index (κ1) is 11.4. The first-order valence-corrected chi connectivity index (χ1v) is 6.90. The van der Waals surface area contributed by atoms with Crippen LogP contribution in [0.1, 0.15) is 5.56 Å². The summed E-state index contributed by atoms with van der Waals surface area (Å²) in [5, 5.41) is 0.460. The Morgan fingerprint density at radius 2 is 2.21 bits per heavy atom. The van der Waals surface area contributed by atoms with E-state index < -0.39 is 9.84 Å². The number of nitrogens with zero attached hydrogens (tertiary/aromatic N) is 2. The lowest BCUT2D eigenvalue weighted by molar-refractivity contribution is 0.593. The van der Waals surface area contributed by atoms with Crippen LogP contribution in [-0.4, -0.2) is 30.9 Å². The highest BCUT2D eigenvalue weighted by molar-refractivity contribution is 7.98. The zero-order valence-corrected chi connectivity index (χ0v) is 9.52. The molecule has 0 fully saturated rings. The second-order valence-corrected chi connectivity index (χ2v) is 5.37. The van der Waals surface area contributed by atoms with Gasteiger partial charge in [0.1, 0.15) is 0 Å². The average molecular weight is 233 g/mol. The van der Waals surface area contributed by atoms with E-state index in [0.717, 1.165) is 6.26 Å². The van der Waals surface area contributed by atoms with Crippen LogP contribution >= 0.6 is 11.8 Å². The highest BCUT2D eigenvalue weighted by Crippen LogP contribution is 2.15. The first-order valence-electron chi connectivity index (χ1n) is 3.79. The smallest absolute Gasteiger partial charge is 0.193 e. The molecule has 5 nitrogen and oxygen atoms in total. The van der Waals surface area contributed by atoms with Gasteiger partial charge in [0.15, 0.2) is 20.0 Å². The molecular formula is C7H11N3O2S2. The summed E-state index contributed by atoms with van der Waals surface area (Å²) >= 11 is 1.29. The molecule has 7 heteroatoms. The van der Waals surface area contributed by atoms with E-state index in [9.17, 15) is 8.42 Å². The molecule has 14 heavy (non-hydrogen) atoms. The summed E-state index contributed by atoms with van der Waals surface area (Å²) in [5.41, 5.74) is 5.84. The number of hydrogen-bond acceptors (Lipinski definition) is 6. The Morgan fingerprint density at radius 3 is 2.64 bits per heavy atom. The van der Waals surface area contributed by atoms with Gasteiger partial charge in [0, 0.05) is 24.6 Å². The van der Waals surface area contributed by atoms with Gasteiger partial charge in [-0.25, -0.2) is 18.4 Å². The molecule has 0 saturated carbocycles. The van der Waals surface area contributed by atoms with E-state index in [0.29, 0.717) is 10.7 Å². The molecule has 0 atom stereocenters. The molecule has 0 aliphatic rings. The molecule has 0 amide bonds. The lowest BCUT2D eigenvalue weighted by atomic mass is 10.3. The average Bonchev–Trinajstić information content (AvgIpc) is 2.15. The van der Waals surface area contributed by atoms with Gasteiger partial charge in [-0.15, -0.1) is 0 Å². The van der Waals surface area contributed by atoms with Crippen molar-refractivity contribution in [3.05, 3.63) is 11.8 Å². The van der Waals surface area contributed by atoms with Crippen LogP contribution in [0.5, 0.6) is 0 Å². The van der Waals surface area contributed by atoms with Gasteiger partial charge < -0.3 is 5.73 Å². The van der Waals surface area contributed by atoms with Gasteiger partial charge in [-0.1, -0.05) is 11.8 Å². The zero-order valence-electron chi connectivity index (χ0n) is 7.89. The van der Waals surface area contributed by atoms with Crippen molar-refractivity contribution in [3.8, 4) is 0 Å². The highest BCUT2D eigenvalue weighted by Gasteiger charge is 2.15. The molecule has 1 heterocycles. The van der Waals surface area contributed by atoms with Gasteiger partial charge in [-0.2, -0.15) is 0 Å². The van der Waals surface area contributed by atoms with Crippen molar-refractivity contribution in [1.82, 2.24) is 9.97 Å². The van der Waals surface area contributed by atoms with Crippen LogP contribution in [0, 0.1) is 0 Å². The normalized spacial score (nSPS) is 11.6. The van der Waals surface area contributed by atoms with Crippen molar-refractivity contribution >= 4 is 21.6 Å². The van der Waals surface area contributed by atoms with Gasteiger partial charge in [0.2, 0.25) is 0 Å². The van der Waals surface area contributed by atoms with Crippen molar-refractivity contribution in [2.24, 2.45) is 5.73 Å². The predicted octanol–water partition coefficient (Wildman–Crippen LogP) is 0.0607. The van der Waals surface area contributed by atoms with E-state index in [2.05, 4.69) is 9.97 Å². The topological polar surface area (TPSA) is 85.9 Å².